The second-order valence-corrected chi connectivity index (χ2v) is 6.93. The molecule has 0 atom stereocenters. The molecule has 0 unspecified atom stereocenters. The van der Waals surface area contributed by atoms with Crippen LogP contribution in [-0.4, -0.2) is 53.0 Å². The molecule has 1 aliphatic heterocycles. The summed E-state index contributed by atoms with van der Waals surface area (Å²) in [6.07, 6.45) is 0. The van der Waals surface area contributed by atoms with E-state index in [4.69, 9.17) is 4.74 Å². The number of fused-ring (bicyclic) bond motifs is 1. The van der Waals surface area contributed by atoms with Gasteiger partial charge in [0.2, 0.25) is 15.9 Å². The van der Waals surface area contributed by atoms with Gasteiger partial charge in [-0.25, -0.2) is 13.1 Å². The topological polar surface area (TPSA) is 87.7 Å². The lowest BCUT2D eigenvalue weighted by molar-refractivity contribution is -0.128. The summed E-state index contributed by atoms with van der Waals surface area (Å²) >= 11 is 0. The molecule has 130 valence electrons. The quantitative estimate of drug-likeness (QED) is 0.717. The van der Waals surface area contributed by atoms with Crippen LogP contribution in [0.4, 0.5) is 0 Å². The molecule has 2 rings (SSSR count). The first-order chi connectivity index (χ1) is 10.4. The Hall–Kier alpha value is -1.19. The molecule has 1 heterocycles. The molecule has 0 aliphatic carbocycles. The Bertz CT molecular complexity index is 651. The summed E-state index contributed by atoms with van der Waals surface area (Å²) in [4.78, 5) is 13.5. The minimum absolute atomic E-state index is 0. The highest BCUT2D eigenvalue weighted by Gasteiger charge is 2.20. The Labute approximate surface area is 142 Å². The average molecular weight is 364 g/mol. The van der Waals surface area contributed by atoms with E-state index in [1.54, 1.807) is 26.2 Å². The Morgan fingerprint density at radius 3 is 2.70 bits per heavy atom. The molecule has 0 aromatic heterocycles. The number of ether oxygens (including phenoxy) is 1. The molecule has 1 aliphatic rings. The lowest BCUT2D eigenvalue weighted by Gasteiger charge is -2.17. The van der Waals surface area contributed by atoms with Crippen LogP contribution in [0.15, 0.2) is 23.1 Å². The van der Waals surface area contributed by atoms with E-state index in [1.807, 2.05) is 0 Å². The number of benzene rings is 1. The summed E-state index contributed by atoms with van der Waals surface area (Å²) < 4.78 is 32.1. The van der Waals surface area contributed by atoms with Crippen molar-refractivity contribution in [2.75, 3.05) is 33.7 Å². The molecular weight excluding hydrogens is 342 g/mol. The van der Waals surface area contributed by atoms with E-state index in [0.717, 1.165) is 11.1 Å². The van der Waals surface area contributed by atoms with Crippen molar-refractivity contribution in [1.82, 2.24) is 14.9 Å². The maximum Gasteiger partial charge on any atom is 0.241 e. The number of nitrogens with one attached hydrogen (secondary N) is 2. The van der Waals surface area contributed by atoms with E-state index in [1.165, 1.54) is 11.0 Å². The summed E-state index contributed by atoms with van der Waals surface area (Å²) in [7, 11) is -0.270. The number of halogens is 1. The van der Waals surface area contributed by atoms with Crippen LogP contribution < -0.4 is 10.0 Å². The summed E-state index contributed by atoms with van der Waals surface area (Å²) in [6, 6.07) is 4.88. The molecule has 0 spiro atoms. The van der Waals surface area contributed by atoms with E-state index >= 15 is 0 Å². The first kappa shape index (κ1) is 19.9. The molecule has 1 aromatic rings. The van der Waals surface area contributed by atoms with Crippen LogP contribution in [0.1, 0.15) is 11.1 Å². The van der Waals surface area contributed by atoms with Gasteiger partial charge >= 0.3 is 0 Å². The fraction of sp³-hybridized carbons (Fsp3) is 0.500. The van der Waals surface area contributed by atoms with Crippen molar-refractivity contribution in [3.63, 3.8) is 0 Å². The van der Waals surface area contributed by atoms with Gasteiger partial charge < -0.3 is 15.0 Å². The molecule has 0 fully saturated rings. The van der Waals surface area contributed by atoms with E-state index < -0.39 is 10.0 Å². The number of hydrogen-bond donors (Lipinski definition) is 2. The molecule has 1 amide bonds. The first-order valence-corrected chi connectivity index (χ1v) is 8.50. The summed E-state index contributed by atoms with van der Waals surface area (Å²) in [5.41, 5.74) is 1.88. The molecule has 0 saturated carbocycles. The van der Waals surface area contributed by atoms with Gasteiger partial charge in [-0.1, -0.05) is 6.07 Å². The van der Waals surface area contributed by atoms with Gasteiger partial charge in [0.15, 0.2) is 0 Å². The fourth-order valence-electron chi connectivity index (χ4n) is 2.09. The van der Waals surface area contributed by atoms with Crippen molar-refractivity contribution in [3.8, 4) is 0 Å². The van der Waals surface area contributed by atoms with Gasteiger partial charge in [-0.05, 0) is 30.3 Å². The summed E-state index contributed by atoms with van der Waals surface area (Å²) in [5, 5.41) is 2.93. The van der Waals surface area contributed by atoms with Crippen molar-refractivity contribution >= 4 is 28.3 Å². The number of nitrogens with zero attached hydrogens (tertiary/aromatic N) is 1. The number of carbonyl (C=O) groups is 1. The van der Waals surface area contributed by atoms with Gasteiger partial charge in [0.05, 0.1) is 24.7 Å². The molecule has 2 N–H and O–H groups in total. The highest BCUT2D eigenvalue weighted by atomic mass is 35.5. The van der Waals surface area contributed by atoms with E-state index in [2.05, 4.69) is 10.0 Å². The molecular formula is C14H22ClN3O4S. The van der Waals surface area contributed by atoms with E-state index in [-0.39, 0.29) is 29.8 Å². The van der Waals surface area contributed by atoms with Crippen molar-refractivity contribution < 1.29 is 17.9 Å². The van der Waals surface area contributed by atoms with E-state index in [0.29, 0.717) is 26.3 Å². The normalized spacial score (nSPS) is 13.3. The Morgan fingerprint density at radius 2 is 2.00 bits per heavy atom. The lowest BCUT2D eigenvalue weighted by atomic mass is 10.1. The van der Waals surface area contributed by atoms with Gasteiger partial charge in [0.1, 0.15) is 0 Å². The number of rotatable bonds is 7. The minimum atomic E-state index is -3.70. The zero-order valence-corrected chi connectivity index (χ0v) is 14.8. The number of sulfonamides is 1. The third-order valence-electron chi connectivity index (χ3n) is 3.54. The van der Waals surface area contributed by atoms with Crippen LogP contribution in [0, 0.1) is 0 Å². The Balaban J connectivity index is 0.00000264. The van der Waals surface area contributed by atoms with Crippen LogP contribution >= 0.6 is 12.4 Å². The molecule has 23 heavy (non-hydrogen) atoms. The highest BCUT2D eigenvalue weighted by Crippen LogP contribution is 2.22. The summed E-state index contributed by atoms with van der Waals surface area (Å²) in [5.74, 6) is -0.275. The van der Waals surface area contributed by atoms with Gasteiger partial charge in [0.25, 0.3) is 0 Å². The van der Waals surface area contributed by atoms with Crippen molar-refractivity contribution in [3.05, 3.63) is 29.3 Å². The maximum atomic E-state index is 12.2. The zero-order chi connectivity index (χ0) is 16.2. The van der Waals surface area contributed by atoms with Crippen molar-refractivity contribution in [2.24, 2.45) is 0 Å². The Morgan fingerprint density at radius 1 is 1.30 bits per heavy atom. The van der Waals surface area contributed by atoms with Crippen molar-refractivity contribution in [1.29, 1.82) is 0 Å². The maximum absolute atomic E-state index is 12.2. The standard InChI is InChI=1S/C14H21N3O4S.ClH/c1-15-5-6-17(2)14(18)8-16-22(19,20)13-4-3-11-9-21-10-12(11)7-13;/h3-4,7,15-16H,5-6,8-10H2,1-2H3;1H. The Kier molecular flexibility index (Phi) is 7.43. The smallest absolute Gasteiger partial charge is 0.241 e. The van der Waals surface area contributed by atoms with E-state index in [9.17, 15) is 13.2 Å². The third kappa shape index (κ3) is 5.15. The molecule has 0 radical (unpaired) electrons. The predicted molar refractivity (Wildman–Crippen MR) is 88.9 cm³/mol. The zero-order valence-electron chi connectivity index (χ0n) is 13.2. The van der Waals surface area contributed by atoms with Crippen LogP contribution in [0.2, 0.25) is 0 Å². The second-order valence-electron chi connectivity index (χ2n) is 5.17. The minimum Gasteiger partial charge on any atom is -0.372 e. The molecule has 1 aromatic carbocycles. The van der Waals surface area contributed by atoms with Gasteiger partial charge in [-0.15, -0.1) is 12.4 Å². The SMILES string of the molecule is CNCCN(C)C(=O)CNS(=O)(=O)c1ccc2c(c1)COC2.Cl. The number of carbonyl (C=O) groups excluding carboxylic acids is 1. The fourth-order valence-corrected chi connectivity index (χ4v) is 3.12. The largest absolute Gasteiger partial charge is 0.372 e. The summed E-state index contributed by atoms with van der Waals surface area (Å²) in [6.45, 7) is 1.85. The van der Waals surface area contributed by atoms with Crippen LogP contribution in [0.3, 0.4) is 0 Å². The van der Waals surface area contributed by atoms with Gasteiger partial charge in [-0.2, -0.15) is 0 Å². The molecule has 0 bridgehead atoms. The van der Waals surface area contributed by atoms with Crippen LogP contribution in [0.25, 0.3) is 0 Å². The third-order valence-corrected chi connectivity index (χ3v) is 4.94. The monoisotopic (exact) mass is 363 g/mol. The number of hydrogen-bond acceptors (Lipinski definition) is 5. The number of likely N-dealkylation sites (N-methyl/N-ethyl adjacent to an activating group) is 2. The number of amides is 1. The second kappa shape index (κ2) is 8.60. The van der Waals surface area contributed by atoms with Crippen molar-refractivity contribution in [2.45, 2.75) is 18.1 Å². The first-order valence-electron chi connectivity index (χ1n) is 7.02. The van der Waals surface area contributed by atoms with Gasteiger partial charge in [0, 0.05) is 20.1 Å². The highest BCUT2D eigenvalue weighted by molar-refractivity contribution is 7.89. The van der Waals surface area contributed by atoms with Crippen LogP contribution in [-0.2, 0) is 32.8 Å². The predicted octanol–water partition coefficient (Wildman–Crippen LogP) is 0.0947. The average Bonchev–Trinajstić information content (AvgIpc) is 2.97. The van der Waals surface area contributed by atoms with Crippen LogP contribution in [0.5, 0.6) is 0 Å². The molecule has 0 saturated heterocycles. The lowest BCUT2D eigenvalue weighted by Crippen LogP contribution is -2.40. The molecule has 7 nitrogen and oxygen atoms in total. The van der Waals surface area contributed by atoms with Gasteiger partial charge in [-0.3, -0.25) is 4.79 Å². The molecule has 9 heteroatoms.